The van der Waals surface area contributed by atoms with Crippen molar-refractivity contribution in [1.82, 2.24) is 9.88 Å². The highest BCUT2D eigenvalue weighted by molar-refractivity contribution is 6.29. The smallest absolute Gasteiger partial charge is 0.129 e. The van der Waals surface area contributed by atoms with Gasteiger partial charge in [0, 0.05) is 6.54 Å². The highest BCUT2D eigenvalue weighted by Crippen LogP contribution is 2.21. The second-order valence-corrected chi connectivity index (χ2v) is 5.14. The molecule has 2 heterocycles. The quantitative estimate of drug-likeness (QED) is 0.838. The van der Waals surface area contributed by atoms with Gasteiger partial charge in [0.25, 0.3) is 0 Å². The van der Waals surface area contributed by atoms with Crippen LogP contribution in [0.5, 0.6) is 0 Å². The van der Waals surface area contributed by atoms with Crippen molar-refractivity contribution in [3.63, 3.8) is 0 Å². The van der Waals surface area contributed by atoms with Gasteiger partial charge in [-0.3, -0.25) is 4.90 Å². The van der Waals surface area contributed by atoms with E-state index in [0.29, 0.717) is 5.15 Å². The molecule has 1 aromatic rings. The molecule has 0 bridgehead atoms. The van der Waals surface area contributed by atoms with E-state index in [1.54, 1.807) is 0 Å². The van der Waals surface area contributed by atoms with E-state index in [9.17, 15) is 0 Å². The second-order valence-electron chi connectivity index (χ2n) is 4.75. The molecule has 1 aromatic heterocycles. The molecule has 0 unspecified atom stereocenters. The number of hydrogen-bond donors (Lipinski definition) is 1. The summed E-state index contributed by atoms with van der Waals surface area (Å²) in [5.41, 5.74) is 6.66. The van der Waals surface area contributed by atoms with Crippen molar-refractivity contribution < 1.29 is 0 Å². The number of hydrogen-bond acceptors (Lipinski definition) is 3. The predicted molar refractivity (Wildman–Crippen MR) is 70.9 cm³/mol. The first-order valence-electron chi connectivity index (χ1n) is 6.32. The third-order valence-corrected chi connectivity index (χ3v) is 3.65. The zero-order valence-electron chi connectivity index (χ0n) is 10.1. The lowest BCUT2D eigenvalue weighted by Gasteiger charge is -2.31. The predicted octanol–water partition coefficient (Wildman–Crippen LogP) is 2.30. The average Bonchev–Trinajstić information content (AvgIpc) is 2.32. The fourth-order valence-electron chi connectivity index (χ4n) is 2.44. The molecule has 1 aliphatic heterocycles. The Morgan fingerprint density at radius 3 is 2.76 bits per heavy atom. The van der Waals surface area contributed by atoms with Gasteiger partial charge in [-0.2, -0.15) is 0 Å². The molecule has 3 nitrogen and oxygen atoms in total. The van der Waals surface area contributed by atoms with Crippen LogP contribution in [0.4, 0.5) is 0 Å². The zero-order valence-corrected chi connectivity index (χ0v) is 10.9. The molecule has 0 aromatic carbocycles. The van der Waals surface area contributed by atoms with Crippen LogP contribution in [-0.4, -0.2) is 29.5 Å². The minimum Gasteiger partial charge on any atom is -0.330 e. The highest BCUT2D eigenvalue weighted by Gasteiger charge is 2.18. The van der Waals surface area contributed by atoms with E-state index < -0.39 is 0 Å². The van der Waals surface area contributed by atoms with Crippen LogP contribution in [0.15, 0.2) is 18.2 Å². The van der Waals surface area contributed by atoms with Crippen LogP contribution in [0.3, 0.4) is 0 Å². The van der Waals surface area contributed by atoms with Gasteiger partial charge in [0.2, 0.25) is 0 Å². The Kier molecular flexibility index (Phi) is 4.77. The molecule has 0 aliphatic carbocycles. The lowest BCUT2D eigenvalue weighted by Crippen LogP contribution is -2.34. The van der Waals surface area contributed by atoms with Gasteiger partial charge in [0.15, 0.2) is 0 Å². The Balaban J connectivity index is 1.82. The molecule has 1 aliphatic rings. The van der Waals surface area contributed by atoms with Crippen molar-refractivity contribution in [2.24, 2.45) is 11.7 Å². The van der Waals surface area contributed by atoms with E-state index in [2.05, 4.69) is 9.88 Å². The fraction of sp³-hybridized carbons (Fsp3) is 0.615. The minimum absolute atomic E-state index is 0.584. The van der Waals surface area contributed by atoms with E-state index >= 15 is 0 Å². The number of nitrogens with two attached hydrogens (primary N) is 1. The Morgan fingerprint density at radius 2 is 2.12 bits per heavy atom. The maximum Gasteiger partial charge on any atom is 0.129 e. The Hall–Kier alpha value is -0.640. The molecule has 17 heavy (non-hydrogen) atoms. The summed E-state index contributed by atoms with van der Waals surface area (Å²) in [7, 11) is 0. The van der Waals surface area contributed by atoms with Crippen LogP contribution in [0.1, 0.15) is 25.0 Å². The van der Waals surface area contributed by atoms with Crippen molar-refractivity contribution in [2.75, 3.05) is 19.6 Å². The topological polar surface area (TPSA) is 42.1 Å². The summed E-state index contributed by atoms with van der Waals surface area (Å²) in [5.74, 6) is 0.823. The Bertz CT molecular complexity index is 348. The molecule has 1 saturated heterocycles. The van der Waals surface area contributed by atoms with E-state index in [1.807, 2.05) is 18.2 Å². The third kappa shape index (κ3) is 3.95. The number of halogens is 1. The van der Waals surface area contributed by atoms with Gasteiger partial charge in [-0.25, -0.2) is 4.98 Å². The second kappa shape index (κ2) is 6.34. The summed E-state index contributed by atoms with van der Waals surface area (Å²) in [6.45, 7) is 4.04. The van der Waals surface area contributed by atoms with Gasteiger partial charge in [0.05, 0.1) is 5.69 Å². The first kappa shape index (κ1) is 12.8. The van der Waals surface area contributed by atoms with Gasteiger partial charge in [-0.1, -0.05) is 17.7 Å². The standard InChI is InChI=1S/C13H20ClN3/c14-13-3-1-2-12(16-13)10-17-8-5-11(4-7-15)6-9-17/h1-3,11H,4-10,15H2. The summed E-state index contributed by atoms with van der Waals surface area (Å²) in [6, 6.07) is 5.82. The molecule has 0 saturated carbocycles. The molecule has 0 radical (unpaired) electrons. The van der Waals surface area contributed by atoms with Crippen molar-refractivity contribution in [2.45, 2.75) is 25.8 Å². The molecule has 2 N–H and O–H groups in total. The SMILES string of the molecule is NCCC1CCN(Cc2cccc(Cl)n2)CC1. The van der Waals surface area contributed by atoms with Gasteiger partial charge in [-0.05, 0) is 56.9 Å². The van der Waals surface area contributed by atoms with Crippen molar-refractivity contribution in [3.8, 4) is 0 Å². The van der Waals surface area contributed by atoms with E-state index in [-0.39, 0.29) is 0 Å². The van der Waals surface area contributed by atoms with E-state index in [1.165, 1.54) is 19.3 Å². The molecule has 0 amide bonds. The molecule has 2 rings (SSSR count). The first-order valence-corrected chi connectivity index (χ1v) is 6.69. The number of piperidine rings is 1. The highest BCUT2D eigenvalue weighted by atomic mass is 35.5. The molecule has 1 fully saturated rings. The maximum absolute atomic E-state index is 5.88. The van der Waals surface area contributed by atoms with Gasteiger partial charge >= 0.3 is 0 Å². The lowest BCUT2D eigenvalue weighted by molar-refractivity contribution is 0.172. The fourth-order valence-corrected chi connectivity index (χ4v) is 2.62. The van der Waals surface area contributed by atoms with Gasteiger partial charge < -0.3 is 5.73 Å². The summed E-state index contributed by atoms with van der Waals surface area (Å²) in [5, 5.41) is 0.584. The van der Waals surface area contributed by atoms with Gasteiger partial charge in [0.1, 0.15) is 5.15 Å². The molecular formula is C13H20ClN3. The van der Waals surface area contributed by atoms with E-state index in [4.69, 9.17) is 17.3 Å². The summed E-state index contributed by atoms with van der Waals surface area (Å²) >= 11 is 5.88. The van der Waals surface area contributed by atoms with Crippen LogP contribution < -0.4 is 5.73 Å². The number of likely N-dealkylation sites (tertiary alicyclic amines) is 1. The van der Waals surface area contributed by atoms with Crippen LogP contribution >= 0.6 is 11.6 Å². The Labute approximate surface area is 108 Å². The van der Waals surface area contributed by atoms with Gasteiger partial charge in [-0.15, -0.1) is 0 Å². The molecule has 0 spiro atoms. The largest absolute Gasteiger partial charge is 0.330 e. The van der Waals surface area contributed by atoms with E-state index in [0.717, 1.165) is 37.8 Å². The molecule has 4 heteroatoms. The summed E-state index contributed by atoms with van der Waals surface area (Å²) in [6.07, 6.45) is 3.69. The molecule has 0 atom stereocenters. The number of pyridine rings is 1. The molecule has 94 valence electrons. The van der Waals surface area contributed by atoms with Crippen LogP contribution in [0, 0.1) is 5.92 Å². The van der Waals surface area contributed by atoms with Crippen LogP contribution in [0.2, 0.25) is 5.15 Å². The van der Waals surface area contributed by atoms with Crippen LogP contribution in [-0.2, 0) is 6.54 Å². The Morgan fingerprint density at radius 1 is 1.35 bits per heavy atom. The maximum atomic E-state index is 5.88. The van der Waals surface area contributed by atoms with Crippen LogP contribution in [0.25, 0.3) is 0 Å². The number of nitrogens with zero attached hydrogens (tertiary/aromatic N) is 2. The minimum atomic E-state index is 0.584. The van der Waals surface area contributed by atoms with Crippen molar-refractivity contribution in [1.29, 1.82) is 0 Å². The van der Waals surface area contributed by atoms with Crippen molar-refractivity contribution in [3.05, 3.63) is 29.0 Å². The summed E-state index contributed by atoms with van der Waals surface area (Å²) < 4.78 is 0. The average molecular weight is 254 g/mol. The number of aromatic nitrogens is 1. The normalized spacial score (nSPS) is 18.5. The lowest BCUT2D eigenvalue weighted by atomic mass is 9.93. The monoisotopic (exact) mass is 253 g/mol. The zero-order chi connectivity index (χ0) is 12.1. The first-order chi connectivity index (χ1) is 8.28. The number of rotatable bonds is 4. The van der Waals surface area contributed by atoms with Crippen molar-refractivity contribution >= 4 is 11.6 Å². The summed E-state index contributed by atoms with van der Waals surface area (Å²) in [4.78, 5) is 6.78. The molecular weight excluding hydrogens is 234 g/mol. The third-order valence-electron chi connectivity index (χ3n) is 3.44.